The molecular formula is C18H14F4N2O3S. The van der Waals surface area contributed by atoms with Crippen molar-refractivity contribution in [2.24, 2.45) is 0 Å². The molecule has 3 rings (SSSR count). The summed E-state index contributed by atoms with van der Waals surface area (Å²) in [5.74, 6) is -2.05. The SMILES string of the molecule is CCc1ccc(-c2cc(C(F)(F)F)on2)cc1S(=O)(=O)Nc1ccccc1F. The van der Waals surface area contributed by atoms with Gasteiger partial charge in [-0.3, -0.25) is 4.72 Å². The Kier molecular flexibility index (Phi) is 5.16. The van der Waals surface area contributed by atoms with E-state index < -0.39 is 27.8 Å². The van der Waals surface area contributed by atoms with E-state index in [2.05, 4.69) is 14.4 Å². The summed E-state index contributed by atoms with van der Waals surface area (Å²) < 4.78 is 84.0. The number of rotatable bonds is 5. The molecule has 0 bridgehead atoms. The lowest BCUT2D eigenvalue weighted by Gasteiger charge is -2.13. The minimum Gasteiger partial charge on any atom is -0.351 e. The van der Waals surface area contributed by atoms with Crippen molar-refractivity contribution < 1.29 is 30.5 Å². The number of anilines is 1. The van der Waals surface area contributed by atoms with Crippen molar-refractivity contribution in [2.75, 3.05) is 4.72 Å². The first-order chi connectivity index (χ1) is 13.1. The van der Waals surface area contributed by atoms with Crippen LogP contribution in [0.3, 0.4) is 0 Å². The lowest BCUT2D eigenvalue weighted by molar-refractivity contribution is -0.155. The fourth-order valence-corrected chi connectivity index (χ4v) is 3.95. The molecule has 0 unspecified atom stereocenters. The molecule has 2 aromatic carbocycles. The van der Waals surface area contributed by atoms with Gasteiger partial charge >= 0.3 is 6.18 Å². The molecule has 3 aromatic rings. The van der Waals surface area contributed by atoms with Gasteiger partial charge in [0.15, 0.2) is 0 Å². The molecular weight excluding hydrogens is 400 g/mol. The molecule has 0 saturated carbocycles. The molecule has 0 radical (unpaired) electrons. The van der Waals surface area contributed by atoms with Crippen LogP contribution >= 0.6 is 0 Å². The normalized spacial score (nSPS) is 12.2. The molecule has 0 aliphatic carbocycles. The van der Waals surface area contributed by atoms with Crippen molar-refractivity contribution in [3.63, 3.8) is 0 Å². The van der Waals surface area contributed by atoms with Gasteiger partial charge in [0, 0.05) is 11.6 Å². The van der Waals surface area contributed by atoms with Crippen molar-refractivity contribution in [3.05, 3.63) is 65.7 Å². The molecule has 0 atom stereocenters. The topological polar surface area (TPSA) is 72.2 Å². The minimum atomic E-state index is -4.71. The van der Waals surface area contributed by atoms with Crippen LogP contribution in [-0.2, 0) is 22.6 Å². The maximum Gasteiger partial charge on any atom is 0.452 e. The Labute approximate surface area is 158 Å². The van der Waals surface area contributed by atoms with E-state index in [9.17, 15) is 26.0 Å². The van der Waals surface area contributed by atoms with Crippen molar-refractivity contribution in [2.45, 2.75) is 24.4 Å². The molecule has 10 heteroatoms. The third-order valence-corrected chi connectivity index (χ3v) is 5.39. The van der Waals surface area contributed by atoms with E-state index in [4.69, 9.17) is 0 Å². The van der Waals surface area contributed by atoms with Gasteiger partial charge in [-0.15, -0.1) is 0 Å². The van der Waals surface area contributed by atoms with Crippen molar-refractivity contribution in [3.8, 4) is 11.3 Å². The third-order valence-electron chi connectivity index (χ3n) is 3.94. The van der Waals surface area contributed by atoms with E-state index in [1.165, 1.54) is 36.4 Å². The minimum absolute atomic E-state index is 0.116. The number of sulfonamides is 1. The molecule has 0 saturated heterocycles. The number of halogens is 4. The average molecular weight is 414 g/mol. The lowest BCUT2D eigenvalue weighted by atomic mass is 10.1. The summed E-state index contributed by atoms with van der Waals surface area (Å²) in [4.78, 5) is -0.188. The second kappa shape index (κ2) is 7.27. The highest BCUT2D eigenvalue weighted by Gasteiger charge is 2.36. The van der Waals surface area contributed by atoms with E-state index >= 15 is 0 Å². The second-order valence-electron chi connectivity index (χ2n) is 5.84. The monoisotopic (exact) mass is 414 g/mol. The average Bonchev–Trinajstić information content (AvgIpc) is 3.13. The van der Waals surface area contributed by atoms with Gasteiger partial charge in [-0.1, -0.05) is 36.3 Å². The van der Waals surface area contributed by atoms with E-state index in [1.54, 1.807) is 6.92 Å². The van der Waals surface area contributed by atoms with Crippen LogP contribution in [0.5, 0.6) is 0 Å². The van der Waals surface area contributed by atoms with E-state index in [0.29, 0.717) is 18.1 Å². The zero-order valence-electron chi connectivity index (χ0n) is 14.4. The number of nitrogens with zero attached hydrogens (tertiary/aromatic N) is 1. The van der Waals surface area contributed by atoms with Gasteiger partial charge in [-0.05, 0) is 30.2 Å². The van der Waals surface area contributed by atoms with Gasteiger partial charge in [0.1, 0.15) is 11.5 Å². The molecule has 0 aliphatic rings. The summed E-state index contributed by atoms with van der Waals surface area (Å²) in [6, 6.07) is 10.0. The zero-order chi connectivity index (χ0) is 20.5. The van der Waals surface area contributed by atoms with Crippen molar-refractivity contribution in [1.82, 2.24) is 5.16 Å². The molecule has 1 heterocycles. The van der Waals surface area contributed by atoms with Gasteiger partial charge in [-0.25, -0.2) is 12.8 Å². The summed E-state index contributed by atoms with van der Waals surface area (Å²) in [6.07, 6.45) is -4.38. The van der Waals surface area contributed by atoms with E-state index in [-0.39, 0.29) is 21.8 Å². The summed E-state index contributed by atoms with van der Waals surface area (Å²) >= 11 is 0. The maximum absolute atomic E-state index is 13.8. The van der Waals surface area contributed by atoms with Crippen LogP contribution in [0.25, 0.3) is 11.3 Å². The Balaban J connectivity index is 2.04. The molecule has 0 aliphatic heterocycles. The standard InChI is InChI=1S/C18H14F4N2O3S/c1-2-11-7-8-12(15-10-17(27-23-15)18(20,21)22)9-16(11)28(25,26)24-14-6-4-3-5-13(14)19/h3-10,24H,2H2,1H3. The highest BCUT2D eigenvalue weighted by atomic mass is 32.2. The van der Waals surface area contributed by atoms with E-state index in [1.807, 2.05) is 0 Å². The highest BCUT2D eigenvalue weighted by molar-refractivity contribution is 7.92. The van der Waals surface area contributed by atoms with Crippen LogP contribution in [0.1, 0.15) is 18.2 Å². The Bertz CT molecular complexity index is 1110. The quantitative estimate of drug-likeness (QED) is 0.605. The van der Waals surface area contributed by atoms with Crippen LogP contribution in [0.2, 0.25) is 0 Å². The summed E-state index contributed by atoms with van der Waals surface area (Å²) in [5.41, 5.74) is 0.116. The Morgan fingerprint density at radius 2 is 1.82 bits per heavy atom. The summed E-state index contributed by atoms with van der Waals surface area (Å²) in [5, 5.41) is 3.36. The van der Waals surface area contributed by atoms with Crippen LogP contribution < -0.4 is 4.72 Å². The van der Waals surface area contributed by atoms with Gasteiger partial charge in [0.05, 0.1) is 10.6 Å². The molecule has 0 spiro atoms. The first kappa shape index (κ1) is 19.9. The Morgan fingerprint density at radius 1 is 1.11 bits per heavy atom. The first-order valence-corrected chi connectivity index (χ1v) is 9.54. The van der Waals surface area contributed by atoms with Crippen LogP contribution in [0.4, 0.5) is 23.2 Å². The molecule has 0 amide bonds. The van der Waals surface area contributed by atoms with Crippen LogP contribution in [-0.4, -0.2) is 13.6 Å². The fourth-order valence-electron chi connectivity index (χ4n) is 2.54. The maximum atomic E-state index is 13.8. The molecule has 0 fully saturated rings. The first-order valence-electron chi connectivity index (χ1n) is 8.06. The molecule has 1 N–H and O–H groups in total. The number of alkyl halides is 3. The van der Waals surface area contributed by atoms with Crippen molar-refractivity contribution >= 4 is 15.7 Å². The number of nitrogens with one attached hydrogen (secondary N) is 1. The fraction of sp³-hybridized carbons (Fsp3) is 0.167. The predicted molar refractivity (Wildman–Crippen MR) is 93.5 cm³/mol. The largest absolute Gasteiger partial charge is 0.452 e. The number of para-hydroxylation sites is 1. The highest BCUT2D eigenvalue weighted by Crippen LogP contribution is 2.33. The Morgan fingerprint density at radius 3 is 2.43 bits per heavy atom. The molecule has 148 valence electrons. The van der Waals surface area contributed by atoms with Gasteiger partial charge < -0.3 is 4.52 Å². The molecule has 28 heavy (non-hydrogen) atoms. The smallest absolute Gasteiger partial charge is 0.351 e. The van der Waals surface area contributed by atoms with Gasteiger partial charge in [0.25, 0.3) is 10.0 Å². The number of aromatic nitrogens is 1. The molecule has 1 aromatic heterocycles. The Hall–Kier alpha value is -2.88. The lowest BCUT2D eigenvalue weighted by Crippen LogP contribution is -2.16. The summed E-state index contributed by atoms with van der Waals surface area (Å²) in [6.45, 7) is 1.72. The van der Waals surface area contributed by atoms with E-state index in [0.717, 1.165) is 6.07 Å². The van der Waals surface area contributed by atoms with Crippen LogP contribution in [0.15, 0.2) is 57.9 Å². The van der Waals surface area contributed by atoms with Gasteiger partial charge in [-0.2, -0.15) is 13.2 Å². The second-order valence-corrected chi connectivity index (χ2v) is 7.49. The number of benzene rings is 2. The molecule has 5 nitrogen and oxygen atoms in total. The van der Waals surface area contributed by atoms with Crippen LogP contribution in [0, 0.1) is 5.82 Å². The number of aryl methyl sites for hydroxylation is 1. The summed E-state index contributed by atoms with van der Waals surface area (Å²) in [7, 11) is -4.20. The number of hydrogen-bond acceptors (Lipinski definition) is 4. The third kappa shape index (κ3) is 4.01. The predicted octanol–water partition coefficient (Wildman–Crippen LogP) is 4.86. The van der Waals surface area contributed by atoms with Gasteiger partial charge in [0.2, 0.25) is 5.76 Å². The number of hydrogen-bond donors (Lipinski definition) is 1. The zero-order valence-corrected chi connectivity index (χ0v) is 15.2. The van der Waals surface area contributed by atoms with Crippen molar-refractivity contribution in [1.29, 1.82) is 0 Å².